The van der Waals surface area contributed by atoms with E-state index >= 15 is 0 Å². The second-order valence-electron chi connectivity index (χ2n) is 7.55. The van der Waals surface area contributed by atoms with Crippen LogP contribution < -0.4 is 9.80 Å². The minimum Gasteiger partial charge on any atom is -0.396 e. The standard InChI is InChI=1S/C21H28N4O/c26-15-18-8-4-10-24(14-18)20-13-21(23-16-22-20)25-11-5-9-19(25)12-17-6-2-1-3-7-17/h1-3,6-7,13,16,18-19,26H,4-5,8-12,14-15H2. The quantitative estimate of drug-likeness (QED) is 0.897. The van der Waals surface area contributed by atoms with Gasteiger partial charge in [0.05, 0.1) is 0 Å². The van der Waals surface area contributed by atoms with Crippen molar-refractivity contribution in [3.05, 3.63) is 48.3 Å². The predicted octanol–water partition coefficient (Wildman–Crippen LogP) is 2.90. The zero-order valence-corrected chi connectivity index (χ0v) is 15.3. The Kier molecular flexibility index (Phi) is 5.34. The van der Waals surface area contributed by atoms with Crippen LogP contribution in [0.4, 0.5) is 11.6 Å². The molecule has 138 valence electrons. The predicted molar refractivity (Wildman–Crippen MR) is 105 cm³/mol. The highest BCUT2D eigenvalue weighted by Gasteiger charge is 2.27. The zero-order valence-electron chi connectivity index (χ0n) is 15.3. The van der Waals surface area contributed by atoms with Gasteiger partial charge >= 0.3 is 0 Å². The Labute approximate surface area is 155 Å². The lowest BCUT2D eigenvalue weighted by molar-refractivity contribution is 0.208. The number of nitrogens with zero attached hydrogens (tertiary/aromatic N) is 4. The minimum absolute atomic E-state index is 0.264. The van der Waals surface area contributed by atoms with Crippen molar-refractivity contribution >= 4 is 11.6 Å². The normalized spacial score (nSPS) is 23.4. The zero-order chi connectivity index (χ0) is 17.8. The number of piperidine rings is 1. The van der Waals surface area contributed by atoms with E-state index in [1.807, 2.05) is 0 Å². The van der Waals surface area contributed by atoms with Crippen molar-refractivity contribution < 1.29 is 5.11 Å². The lowest BCUT2D eigenvalue weighted by Crippen LogP contribution is -2.37. The molecule has 26 heavy (non-hydrogen) atoms. The summed E-state index contributed by atoms with van der Waals surface area (Å²) in [5.41, 5.74) is 1.39. The summed E-state index contributed by atoms with van der Waals surface area (Å²) in [5.74, 6) is 2.40. The first kappa shape index (κ1) is 17.3. The Bertz CT molecular complexity index is 708. The van der Waals surface area contributed by atoms with E-state index in [1.165, 1.54) is 18.4 Å². The highest BCUT2D eigenvalue weighted by molar-refractivity contribution is 5.51. The molecule has 2 aliphatic heterocycles. The Morgan fingerprint density at radius 1 is 1.00 bits per heavy atom. The highest BCUT2D eigenvalue weighted by Crippen LogP contribution is 2.29. The summed E-state index contributed by atoms with van der Waals surface area (Å²) in [6.45, 7) is 3.23. The summed E-state index contributed by atoms with van der Waals surface area (Å²) in [6, 6.07) is 13.4. The van der Waals surface area contributed by atoms with E-state index in [4.69, 9.17) is 0 Å². The fourth-order valence-corrected chi connectivity index (χ4v) is 4.33. The molecule has 0 aliphatic carbocycles. The van der Waals surface area contributed by atoms with Crippen molar-refractivity contribution in [1.29, 1.82) is 0 Å². The number of aromatic nitrogens is 2. The molecule has 4 rings (SSSR count). The highest BCUT2D eigenvalue weighted by atomic mass is 16.3. The summed E-state index contributed by atoms with van der Waals surface area (Å²) >= 11 is 0. The first-order valence-electron chi connectivity index (χ1n) is 9.82. The van der Waals surface area contributed by atoms with Gasteiger partial charge in [-0.2, -0.15) is 0 Å². The Morgan fingerprint density at radius 2 is 1.81 bits per heavy atom. The van der Waals surface area contributed by atoms with Crippen molar-refractivity contribution in [3.63, 3.8) is 0 Å². The number of benzene rings is 1. The maximum atomic E-state index is 9.49. The molecule has 1 aromatic carbocycles. The van der Waals surface area contributed by atoms with Gasteiger partial charge in [-0.25, -0.2) is 9.97 Å². The van der Waals surface area contributed by atoms with Gasteiger partial charge in [0.2, 0.25) is 0 Å². The smallest absolute Gasteiger partial charge is 0.134 e. The number of rotatable bonds is 5. The van der Waals surface area contributed by atoms with Crippen molar-refractivity contribution in [1.82, 2.24) is 9.97 Å². The van der Waals surface area contributed by atoms with Crippen molar-refractivity contribution in [2.24, 2.45) is 5.92 Å². The van der Waals surface area contributed by atoms with Crippen LogP contribution in [0.5, 0.6) is 0 Å². The molecule has 1 aromatic heterocycles. The summed E-state index contributed by atoms with van der Waals surface area (Å²) in [5, 5.41) is 9.49. The van der Waals surface area contributed by atoms with Crippen LogP contribution in [0.25, 0.3) is 0 Å². The number of hydrogen-bond donors (Lipinski definition) is 1. The number of anilines is 2. The van der Waals surface area contributed by atoms with Crippen molar-refractivity contribution in [2.75, 3.05) is 36.0 Å². The van der Waals surface area contributed by atoms with Crippen LogP contribution in [-0.2, 0) is 6.42 Å². The van der Waals surface area contributed by atoms with E-state index in [9.17, 15) is 5.11 Å². The van der Waals surface area contributed by atoms with Crippen molar-refractivity contribution in [3.8, 4) is 0 Å². The average Bonchev–Trinajstić information content (AvgIpc) is 3.17. The maximum absolute atomic E-state index is 9.49. The minimum atomic E-state index is 0.264. The molecule has 2 fully saturated rings. The fourth-order valence-electron chi connectivity index (χ4n) is 4.33. The fraction of sp³-hybridized carbons (Fsp3) is 0.524. The summed E-state index contributed by atoms with van der Waals surface area (Å²) in [6.07, 6.45) is 7.42. The monoisotopic (exact) mass is 352 g/mol. The molecule has 2 aromatic rings. The third-order valence-electron chi connectivity index (χ3n) is 5.72. The van der Waals surface area contributed by atoms with Gasteiger partial charge in [-0.05, 0) is 43.6 Å². The first-order chi connectivity index (χ1) is 12.8. The van der Waals surface area contributed by atoms with Gasteiger partial charge in [0, 0.05) is 38.3 Å². The molecule has 0 spiro atoms. The van der Waals surface area contributed by atoms with E-state index < -0.39 is 0 Å². The second kappa shape index (κ2) is 8.04. The Balaban J connectivity index is 1.50. The summed E-state index contributed by atoms with van der Waals surface area (Å²) in [7, 11) is 0. The van der Waals surface area contributed by atoms with Gasteiger partial charge in [0.25, 0.3) is 0 Å². The Hall–Kier alpha value is -2.14. The van der Waals surface area contributed by atoms with Gasteiger partial charge in [-0.15, -0.1) is 0 Å². The number of aliphatic hydroxyl groups is 1. The van der Waals surface area contributed by atoms with E-state index in [-0.39, 0.29) is 6.61 Å². The van der Waals surface area contributed by atoms with Gasteiger partial charge in [-0.3, -0.25) is 0 Å². The van der Waals surface area contributed by atoms with Gasteiger partial charge < -0.3 is 14.9 Å². The molecule has 0 radical (unpaired) electrons. The second-order valence-corrected chi connectivity index (χ2v) is 7.55. The van der Waals surface area contributed by atoms with E-state index in [2.05, 4.69) is 56.2 Å². The van der Waals surface area contributed by atoms with Gasteiger partial charge in [0.1, 0.15) is 18.0 Å². The molecule has 1 N–H and O–H groups in total. The van der Waals surface area contributed by atoms with Crippen LogP contribution in [-0.4, -0.2) is 47.4 Å². The molecule has 0 saturated carbocycles. The molecular weight excluding hydrogens is 324 g/mol. The van der Waals surface area contributed by atoms with Crippen LogP contribution in [0.15, 0.2) is 42.7 Å². The van der Waals surface area contributed by atoms with Crippen LogP contribution in [0.2, 0.25) is 0 Å². The molecule has 0 bridgehead atoms. The van der Waals surface area contributed by atoms with Gasteiger partial charge in [-0.1, -0.05) is 30.3 Å². The van der Waals surface area contributed by atoms with Crippen LogP contribution in [0.1, 0.15) is 31.2 Å². The third-order valence-corrected chi connectivity index (χ3v) is 5.72. The molecule has 2 saturated heterocycles. The first-order valence-corrected chi connectivity index (χ1v) is 9.82. The molecule has 5 nitrogen and oxygen atoms in total. The molecule has 2 aliphatic rings. The van der Waals surface area contributed by atoms with E-state index in [1.54, 1.807) is 6.33 Å². The molecular formula is C21H28N4O. The van der Waals surface area contributed by atoms with E-state index in [0.717, 1.165) is 50.5 Å². The molecule has 2 atom stereocenters. The van der Waals surface area contributed by atoms with Crippen LogP contribution >= 0.6 is 0 Å². The summed E-state index contributed by atoms with van der Waals surface area (Å²) in [4.78, 5) is 13.9. The molecule has 3 heterocycles. The van der Waals surface area contributed by atoms with E-state index in [0.29, 0.717) is 12.0 Å². The molecule has 5 heteroatoms. The van der Waals surface area contributed by atoms with Gasteiger partial charge in [0.15, 0.2) is 0 Å². The van der Waals surface area contributed by atoms with Crippen LogP contribution in [0, 0.1) is 5.92 Å². The lowest BCUT2D eigenvalue weighted by Gasteiger charge is -2.33. The Morgan fingerprint density at radius 3 is 2.65 bits per heavy atom. The SMILES string of the molecule is OCC1CCCN(c2cc(N3CCCC3Cc3ccccc3)ncn2)C1. The number of aliphatic hydroxyl groups excluding tert-OH is 1. The molecule has 2 unspecified atom stereocenters. The summed E-state index contributed by atoms with van der Waals surface area (Å²) < 4.78 is 0. The topological polar surface area (TPSA) is 52.5 Å². The third kappa shape index (κ3) is 3.83. The lowest BCUT2D eigenvalue weighted by atomic mass is 9.99. The number of hydrogen-bond acceptors (Lipinski definition) is 5. The maximum Gasteiger partial charge on any atom is 0.134 e. The molecule has 0 amide bonds. The largest absolute Gasteiger partial charge is 0.396 e. The average molecular weight is 352 g/mol. The van der Waals surface area contributed by atoms with Crippen molar-refractivity contribution in [2.45, 2.75) is 38.1 Å². The van der Waals surface area contributed by atoms with Crippen LogP contribution in [0.3, 0.4) is 0 Å².